The second kappa shape index (κ2) is 8.10. The molecule has 0 aliphatic heterocycles. The van der Waals surface area contributed by atoms with Gasteiger partial charge in [-0.1, -0.05) is 0 Å². The van der Waals surface area contributed by atoms with E-state index in [1.165, 1.54) is 44.8 Å². The molecule has 3 N–H and O–H groups in total. The Morgan fingerprint density at radius 3 is 2.79 bits per heavy atom. The van der Waals surface area contributed by atoms with Crippen LogP contribution in [0.25, 0.3) is 11.2 Å². The molecule has 2 atom stereocenters. The van der Waals surface area contributed by atoms with Gasteiger partial charge in [-0.25, -0.2) is 23.9 Å². The predicted octanol–water partition coefficient (Wildman–Crippen LogP) is 3.06. The Hall–Kier alpha value is -2.73. The molecule has 2 aromatic heterocycles. The molecule has 0 fully saturated rings. The second-order valence-electron chi connectivity index (χ2n) is 5.83. The van der Waals surface area contributed by atoms with E-state index < -0.39 is 29.7 Å². The van der Waals surface area contributed by atoms with Crippen LogP contribution in [0.3, 0.4) is 0 Å². The van der Waals surface area contributed by atoms with E-state index in [1.54, 1.807) is 0 Å². The Kier molecular flexibility index (Phi) is 5.79. The van der Waals surface area contributed by atoms with Gasteiger partial charge in [-0.2, -0.15) is 13.2 Å². The molecule has 0 aliphatic rings. The van der Waals surface area contributed by atoms with Crippen molar-refractivity contribution in [1.82, 2.24) is 24.7 Å². The van der Waals surface area contributed by atoms with Crippen LogP contribution in [0.5, 0.6) is 5.75 Å². The number of aromatic amines is 1. The van der Waals surface area contributed by atoms with Crippen LogP contribution < -0.4 is 14.8 Å². The molecule has 0 spiro atoms. The Morgan fingerprint density at radius 2 is 2.07 bits per heavy atom. The Bertz CT molecular complexity index is 994. The van der Waals surface area contributed by atoms with Crippen molar-refractivity contribution in [3.8, 4) is 5.75 Å². The molecule has 12 heteroatoms. The second-order valence-corrected chi connectivity index (χ2v) is 7.24. The van der Waals surface area contributed by atoms with Crippen LogP contribution in [0.1, 0.15) is 13.3 Å². The maximum Gasteiger partial charge on any atom is 0.392 e. The first-order valence-electron chi connectivity index (χ1n) is 8.14. The summed E-state index contributed by atoms with van der Waals surface area (Å²) in [5.41, 5.74) is 1.24. The number of H-pyrrole nitrogens is 1. The van der Waals surface area contributed by atoms with Gasteiger partial charge >= 0.3 is 6.18 Å². The van der Waals surface area contributed by atoms with Gasteiger partial charge in [0.25, 0.3) is 0 Å². The van der Waals surface area contributed by atoms with Crippen LogP contribution in [0.2, 0.25) is 0 Å². The Morgan fingerprint density at radius 1 is 1.29 bits per heavy atom. The number of aromatic nitrogens is 4. The maximum absolute atomic E-state index is 12.6. The van der Waals surface area contributed by atoms with Gasteiger partial charge in [0.05, 0.1) is 23.3 Å². The standard InChI is InChI=1S/C16H17F3N6O2S/c1-9(6-16(17,18)19)27-12-4-3-10(28(26)20-2)5-11(12)25-15-13-14(22-7-21-13)23-8-24-15/h3-5,7-9,20H,6H2,1-2H3,(H2,21,22,23,24,25). The van der Waals surface area contributed by atoms with E-state index in [0.29, 0.717) is 27.6 Å². The van der Waals surface area contributed by atoms with Crippen LogP contribution in [-0.4, -0.2) is 43.5 Å². The largest absolute Gasteiger partial charge is 0.488 e. The fraction of sp³-hybridized carbons (Fsp3) is 0.312. The molecular formula is C16H17F3N6O2S. The van der Waals surface area contributed by atoms with Crippen LogP contribution in [0.4, 0.5) is 24.7 Å². The lowest BCUT2D eigenvalue weighted by Gasteiger charge is -2.20. The van der Waals surface area contributed by atoms with Crippen molar-refractivity contribution in [2.24, 2.45) is 0 Å². The van der Waals surface area contributed by atoms with E-state index in [1.807, 2.05) is 0 Å². The number of anilines is 2. The zero-order valence-corrected chi connectivity index (χ0v) is 15.7. The fourth-order valence-electron chi connectivity index (χ4n) is 2.51. The number of halogens is 3. The number of imidazole rings is 1. The van der Waals surface area contributed by atoms with E-state index >= 15 is 0 Å². The Balaban J connectivity index is 1.96. The lowest BCUT2D eigenvalue weighted by molar-refractivity contribution is -0.148. The van der Waals surface area contributed by atoms with Gasteiger partial charge in [0.1, 0.15) is 34.7 Å². The molecule has 0 amide bonds. The molecule has 0 aliphatic carbocycles. The zero-order chi connectivity index (χ0) is 20.3. The molecule has 0 saturated heterocycles. The summed E-state index contributed by atoms with van der Waals surface area (Å²) in [5, 5.41) is 3.00. The number of hydrogen-bond acceptors (Lipinski definition) is 6. The molecule has 0 saturated carbocycles. The van der Waals surface area contributed by atoms with Crippen molar-refractivity contribution < 1.29 is 22.1 Å². The minimum absolute atomic E-state index is 0.167. The summed E-state index contributed by atoms with van der Waals surface area (Å²) in [4.78, 5) is 15.5. The number of hydrogen-bond donors (Lipinski definition) is 3. The number of rotatable bonds is 7. The summed E-state index contributed by atoms with van der Waals surface area (Å²) in [5.74, 6) is 0.517. The van der Waals surface area contributed by atoms with E-state index in [4.69, 9.17) is 4.74 Å². The smallest absolute Gasteiger partial charge is 0.392 e. The normalized spacial score (nSPS) is 14.0. The number of benzene rings is 1. The third-order valence-electron chi connectivity index (χ3n) is 3.67. The first-order chi connectivity index (χ1) is 13.3. The van der Waals surface area contributed by atoms with Crippen LogP contribution in [-0.2, 0) is 11.0 Å². The van der Waals surface area contributed by atoms with Gasteiger partial charge in [-0.15, -0.1) is 0 Å². The lowest BCUT2D eigenvalue weighted by Crippen LogP contribution is -2.22. The molecular weight excluding hydrogens is 397 g/mol. The number of ether oxygens (including phenoxy) is 1. The number of fused-ring (bicyclic) bond motifs is 1. The molecule has 2 heterocycles. The fourth-order valence-corrected chi connectivity index (χ4v) is 3.17. The highest BCUT2D eigenvalue weighted by molar-refractivity contribution is 7.83. The molecule has 3 aromatic rings. The Labute approximate surface area is 160 Å². The number of nitrogens with one attached hydrogen (secondary N) is 3. The summed E-state index contributed by atoms with van der Waals surface area (Å²) >= 11 is 0. The molecule has 150 valence electrons. The minimum Gasteiger partial charge on any atom is -0.488 e. The van der Waals surface area contributed by atoms with Crippen LogP contribution in [0, 0.1) is 0 Å². The van der Waals surface area contributed by atoms with Gasteiger partial charge in [0.15, 0.2) is 11.5 Å². The van der Waals surface area contributed by atoms with Crippen molar-refractivity contribution in [2.45, 2.75) is 30.5 Å². The van der Waals surface area contributed by atoms with Crippen molar-refractivity contribution >= 4 is 33.7 Å². The predicted molar refractivity (Wildman–Crippen MR) is 97.6 cm³/mol. The highest BCUT2D eigenvalue weighted by atomic mass is 32.2. The van der Waals surface area contributed by atoms with Crippen molar-refractivity contribution in [1.29, 1.82) is 0 Å². The van der Waals surface area contributed by atoms with Gasteiger partial charge in [0.2, 0.25) is 0 Å². The molecule has 2 unspecified atom stereocenters. The van der Waals surface area contributed by atoms with Crippen LogP contribution in [0.15, 0.2) is 35.7 Å². The quantitative estimate of drug-likeness (QED) is 0.549. The summed E-state index contributed by atoms with van der Waals surface area (Å²) in [6.07, 6.45) is -3.82. The zero-order valence-electron chi connectivity index (χ0n) is 14.9. The van der Waals surface area contributed by atoms with Gasteiger partial charge in [-0.3, -0.25) is 0 Å². The molecule has 3 rings (SSSR count). The number of nitrogens with zero attached hydrogens (tertiary/aromatic N) is 3. The topological polar surface area (TPSA) is 105 Å². The molecule has 1 aromatic carbocycles. The van der Waals surface area contributed by atoms with Crippen molar-refractivity contribution in [2.75, 3.05) is 12.4 Å². The summed E-state index contributed by atoms with van der Waals surface area (Å²) < 4.78 is 58.1. The highest BCUT2D eigenvalue weighted by Gasteiger charge is 2.31. The van der Waals surface area contributed by atoms with E-state index in [9.17, 15) is 17.4 Å². The summed E-state index contributed by atoms with van der Waals surface area (Å²) in [6, 6.07) is 4.50. The average Bonchev–Trinajstić information content (AvgIpc) is 3.10. The third-order valence-corrected chi connectivity index (χ3v) is 4.73. The third kappa shape index (κ3) is 4.75. The molecule has 0 bridgehead atoms. The maximum atomic E-state index is 12.6. The van der Waals surface area contributed by atoms with E-state index in [2.05, 4.69) is 30.0 Å². The first kappa shape index (κ1) is 20.0. The average molecular weight is 414 g/mol. The highest BCUT2D eigenvalue weighted by Crippen LogP contribution is 2.33. The molecule has 28 heavy (non-hydrogen) atoms. The summed E-state index contributed by atoms with van der Waals surface area (Å²) in [6.45, 7) is 1.33. The molecule has 8 nitrogen and oxygen atoms in total. The summed E-state index contributed by atoms with van der Waals surface area (Å²) in [7, 11) is 0.0321. The van der Waals surface area contributed by atoms with E-state index in [0.717, 1.165) is 0 Å². The van der Waals surface area contributed by atoms with E-state index in [-0.39, 0.29) is 5.75 Å². The van der Waals surface area contributed by atoms with Crippen molar-refractivity contribution in [3.63, 3.8) is 0 Å². The van der Waals surface area contributed by atoms with Gasteiger partial charge in [0, 0.05) is 0 Å². The lowest BCUT2D eigenvalue weighted by atomic mass is 10.2. The number of alkyl halides is 3. The monoisotopic (exact) mass is 414 g/mol. The van der Waals surface area contributed by atoms with Crippen LogP contribution >= 0.6 is 0 Å². The molecule has 0 radical (unpaired) electrons. The van der Waals surface area contributed by atoms with Gasteiger partial charge in [-0.05, 0) is 32.2 Å². The SMILES string of the molecule is CNS(=O)c1ccc(OC(C)CC(F)(F)F)c(Nc2ncnc3nc[nH]c23)c1. The van der Waals surface area contributed by atoms with Gasteiger partial charge < -0.3 is 15.0 Å². The minimum atomic E-state index is -4.35. The first-order valence-corrected chi connectivity index (χ1v) is 9.29. The van der Waals surface area contributed by atoms with Crippen molar-refractivity contribution in [3.05, 3.63) is 30.9 Å².